The molecule has 3 aromatic heterocycles. The van der Waals surface area contributed by atoms with Gasteiger partial charge in [0.15, 0.2) is 5.82 Å². The van der Waals surface area contributed by atoms with Crippen LogP contribution in [0.15, 0.2) is 58.1 Å². The number of carbonyl (C=O) groups is 1. The Labute approximate surface area is 184 Å². The molecule has 5 rings (SSSR count). The van der Waals surface area contributed by atoms with Gasteiger partial charge in [0.1, 0.15) is 35.8 Å². The molecule has 11 heteroatoms. The lowest BCUT2D eigenvalue weighted by Crippen LogP contribution is -2.25. The van der Waals surface area contributed by atoms with Gasteiger partial charge >= 0.3 is 0 Å². The Morgan fingerprint density at radius 1 is 1.12 bits per heavy atom. The second kappa shape index (κ2) is 7.93. The van der Waals surface area contributed by atoms with Gasteiger partial charge in [-0.2, -0.15) is 4.98 Å². The zero-order chi connectivity index (χ0) is 23.1. The quantitative estimate of drug-likeness (QED) is 0.441. The number of amides is 1. The first kappa shape index (κ1) is 20.5. The predicted octanol–water partition coefficient (Wildman–Crippen LogP) is 3.01. The molecule has 2 aromatic carbocycles. The van der Waals surface area contributed by atoms with Gasteiger partial charge in [0.2, 0.25) is 11.8 Å². The standard InChI is InChI=1S/C22H16F2N6O3/c1-12-26-19(33-28-12)10-29-11-25-20-16-8-14(24)4-7-17(16)30(21(20)22(29)32)9-18(31)27-15-5-2-13(23)3-6-15/h2-8,11H,9-10H2,1H3,(H,27,31). The maximum absolute atomic E-state index is 14.0. The molecule has 0 bridgehead atoms. The number of nitrogens with zero attached hydrogens (tertiary/aromatic N) is 5. The number of halogens is 2. The summed E-state index contributed by atoms with van der Waals surface area (Å²) in [5.41, 5.74) is 0.805. The number of nitrogens with one attached hydrogen (secondary N) is 1. The van der Waals surface area contributed by atoms with Crippen molar-refractivity contribution in [3.8, 4) is 0 Å². The van der Waals surface area contributed by atoms with Crippen molar-refractivity contribution in [1.29, 1.82) is 0 Å². The van der Waals surface area contributed by atoms with Crippen LogP contribution in [-0.2, 0) is 17.9 Å². The van der Waals surface area contributed by atoms with E-state index in [1.54, 1.807) is 6.92 Å². The highest BCUT2D eigenvalue weighted by atomic mass is 19.1. The average molecular weight is 450 g/mol. The summed E-state index contributed by atoms with van der Waals surface area (Å²) in [6.45, 7) is 1.40. The number of fused-ring (bicyclic) bond motifs is 3. The molecule has 166 valence electrons. The van der Waals surface area contributed by atoms with E-state index in [0.29, 0.717) is 22.4 Å². The predicted molar refractivity (Wildman–Crippen MR) is 115 cm³/mol. The molecule has 1 amide bonds. The molecule has 0 unspecified atom stereocenters. The highest BCUT2D eigenvalue weighted by Gasteiger charge is 2.20. The molecule has 0 saturated heterocycles. The van der Waals surface area contributed by atoms with Crippen LogP contribution >= 0.6 is 0 Å². The number of aromatic nitrogens is 5. The fourth-order valence-electron chi connectivity index (χ4n) is 3.68. The SMILES string of the molecule is Cc1noc(Cn2cnc3c4cc(F)ccc4n(CC(=O)Nc4ccc(F)cc4)c3c2=O)n1. The Morgan fingerprint density at radius 3 is 2.61 bits per heavy atom. The number of carbonyl (C=O) groups excluding carboxylic acids is 1. The minimum absolute atomic E-state index is 0.0136. The lowest BCUT2D eigenvalue weighted by molar-refractivity contribution is -0.116. The van der Waals surface area contributed by atoms with Gasteiger partial charge in [-0.05, 0) is 49.4 Å². The molecular formula is C22H16F2N6O3. The van der Waals surface area contributed by atoms with Crippen LogP contribution in [-0.4, -0.2) is 30.2 Å². The Balaban J connectivity index is 1.60. The van der Waals surface area contributed by atoms with Crippen LogP contribution in [0.3, 0.4) is 0 Å². The molecule has 1 N–H and O–H groups in total. The maximum Gasteiger partial charge on any atom is 0.278 e. The van der Waals surface area contributed by atoms with Crippen molar-refractivity contribution in [3.05, 3.63) is 82.5 Å². The van der Waals surface area contributed by atoms with Crippen molar-refractivity contribution in [2.45, 2.75) is 20.0 Å². The van der Waals surface area contributed by atoms with E-state index in [4.69, 9.17) is 4.52 Å². The topological polar surface area (TPSA) is 108 Å². The minimum atomic E-state index is -0.496. The molecule has 0 aliphatic rings. The molecule has 33 heavy (non-hydrogen) atoms. The Kier molecular flexibility index (Phi) is 4.93. The highest BCUT2D eigenvalue weighted by molar-refractivity contribution is 6.06. The summed E-state index contributed by atoms with van der Waals surface area (Å²) in [6, 6.07) is 9.30. The molecule has 0 atom stereocenters. The minimum Gasteiger partial charge on any atom is -0.337 e. The van der Waals surface area contributed by atoms with Gasteiger partial charge < -0.3 is 14.4 Å². The average Bonchev–Trinajstić information content (AvgIpc) is 3.33. The lowest BCUT2D eigenvalue weighted by Gasteiger charge is -2.09. The van der Waals surface area contributed by atoms with Crippen molar-refractivity contribution in [1.82, 2.24) is 24.3 Å². The van der Waals surface area contributed by atoms with E-state index in [1.165, 1.54) is 57.9 Å². The van der Waals surface area contributed by atoms with Gasteiger partial charge in [0.25, 0.3) is 5.56 Å². The third-order valence-electron chi connectivity index (χ3n) is 5.09. The summed E-state index contributed by atoms with van der Waals surface area (Å²) < 4.78 is 35.0. The number of benzene rings is 2. The Bertz CT molecular complexity index is 1570. The molecule has 0 spiro atoms. The van der Waals surface area contributed by atoms with E-state index in [0.717, 1.165) is 0 Å². The van der Waals surface area contributed by atoms with Crippen LogP contribution in [0, 0.1) is 18.6 Å². The van der Waals surface area contributed by atoms with E-state index in [-0.39, 0.29) is 30.0 Å². The molecule has 5 aromatic rings. The fraction of sp³-hybridized carbons (Fsp3) is 0.136. The van der Waals surface area contributed by atoms with Gasteiger partial charge in [0.05, 0.1) is 11.8 Å². The van der Waals surface area contributed by atoms with Crippen molar-refractivity contribution >= 4 is 33.5 Å². The zero-order valence-corrected chi connectivity index (χ0v) is 17.2. The van der Waals surface area contributed by atoms with Crippen LogP contribution in [0.2, 0.25) is 0 Å². The summed E-state index contributed by atoms with van der Waals surface area (Å²) in [4.78, 5) is 34.5. The second-order valence-electron chi connectivity index (χ2n) is 7.41. The van der Waals surface area contributed by atoms with Crippen LogP contribution in [0.1, 0.15) is 11.7 Å². The van der Waals surface area contributed by atoms with Gasteiger partial charge in [-0.1, -0.05) is 5.16 Å². The lowest BCUT2D eigenvalue weighted by atomic mass is 10.2. The van der Waals surface area contributed by atoms with Crippen molar-refractivity contribution in [2.24, 2.45) is 0 Å². The van der Waals surface area contributed by atoms with E-state index in [2.05, 4.69) is 20.4 Å². The maximum atomic E-state index is 14.0. The smallest absolute Gasteiger partial charge is 0.278 e. The highest BCUT2D eigenvalue weighted by Crippen LogP contribution is 2.26. The third-order valence-corrected chi connectivity index (χ3v) is 5.09. The zero-order valence-electron chi connectivity index (χ0n) is 17.2. The van der Waals surface area contributed by atoms with Gasteiger partial charge in [-0.15, -0.1) is 0 Å². The normalized spacial score (nSPS) is 11.4. The number of aryl methyl sites for hydroxylation is 1. The molecule has 0 saturated carbocycles. The molecule has 0 radical (unpaired) electrons. The van der Waals surface area contributed by atoms with Crippen LogP contribution < -0.4 is 10.9 Å². The van der Waals surface area contributed by atoms with E-state index in [1.807, 2.05) is 0 Å². The Hall–Kier alpha value is -4.41. The van der Waals surface area contributed by atoms with Crippen molar-refractivity contribution in [2.75, 3.05) is 5.32 Å². The Morgan fingerprint density at radius 2 is 1.88 bits per heavy atom. The van der Waals surface area contributed by atoms with Crippen molar-refractivity contribution < 1.29 is 18.1 Å². The second-order valence-corrected chi connectivity index (χ2v) is 7.41. The molecule has 9 nitrogen and oxygen atoms in total. The molecule has 3 heterocycles. The first-order valence-corrected chi connectivity index (χ1v) is 9.90. The summed E-state index contributed by atoms with van der Waals surface area (Å²) in [5, 5.41) is 6.77. The number of hydrogen-bond acceptors (Lipinski definition) is 6. The number of hydrogen-bond donors (Lipinski definition) is 1. The van der Waals surface area contributed by atoms with E-state index < -0.39 is 23.1 Å². The van der Waals surface area contributed by atoms with Gasteiger partial charge in [-0.25, -0.2) is 13.8 Å². The van der Waals surface area contributed by atoms with E-state index in [9.17, 15) is 18.4 Å². The van der Waals surface area contributed by atoms with Crippen LogP contribution in [0.4, 0.5) is 14.5 Å². The third kappa shape index (κ3) is 3.84. The largest absolute Gasteiger partial charge is 0.337 e. The van der Waals surface area contributed by atoms with Crippen LogP contribution in [0.5, 0.6) is 0 Å². The van der Waals surface area contributed by atoms with E-state index >= 15 is 0 Å². The molecule has 0 aliphatic carbocycles. The summed E-state index contributed by atoms with van der Waals surface area (Å²) in [5.74, 6) is -0.732. The van der Waals surface area contributed by atoms with Crippen LogP contribution in [0.25, 0.3) is 21.9 Å². The van der Waals surface area contributed by atoms with Crippen molar-refractivity contribution in [3.63, 3.8) is 0 Å². The molecule has 0 aliphatic heterocycles. The van der Waals surface area contributed by atoms with Gasteiger partial charge in [0, 0.05) is 11.1 Å². The summed E-state index contributed by atoms with van der Waals surface area (Å²) >= 11 is 0. The van der Waals surface area contributed by atoms with Gasteiger partial charge in [-0.3, -0.25) is 14.2 Å². The number of anilines is 1. The summed E-state index contributed by atoms with van der Waals surface area (Å²) in [7, 11) is 0. The molecule has 0 fully saturated rings. The first-order valence-electron chi connectivity index (χ1n) is 9.90. The fourth-order valence-corrected chi connectivity index (χ4v) is 3.68. The first-order chi connectivity index (χ1) is 15.9. The molecular weight excluding hydrogens is 434 g/mol. The number of rotatable bonds is 5. The monoisotopic (exact) mass is 450 g/mol. The summed E-state index contributed by atoms with van der Waals surface area (Å²) in [6.07, 6.45) is 1.32.